The Labute approximate surface area is 153 Å². The number of carbonyl (C=O) groups is 1. The molecule has 0 aliphatic carbocycles. The summed E-state index contributed by atoms with van der Waals surface area (Å²) in [5, 5.41) is 9.34. The van der Waals surface area contributed by atoms with Crippen molar-refractivity contribution >= 4 is 17.6 Å². The Morgan fingerprint density at radius 2 is 2.00 bits per heavy atom. The minimum absolute atomic E-state index is 0.0362. The SMILES string of the molecule is O=C(O)c1cncc(Cc2cc(Cl)c(Cn3ccccc3=O)cc2F)c1. The van der Waals surface area contributed by atoms with Gasteiger partial charge in [0, 0.05) is 36.1 Å². The highest BCUT2D eigenvalue weighted by Crippen LogP contribution is 2.23. The van der Waals surface area contributed by atoms with Gasteiger partial charge in [-0.05, 0) is 41.0 Å². The van der Waals surface area contributed by atoms with E-state index >= 15 is 0 Å². The van der Waals surface area contributed by atoms with Crippen molar-refractivity contribution in [3.63, 3.8) is 0 Å². The van der Waals surface area contributed by atoms with Gasteiger partial charge in [-0.2, -0.15) is 0 Å². The molecule has 0 spiro atoms. The van der Waals surface area contributed by atoms with Gasteiger partial charge < -0.3 is 9.67 Å². The van der Waals surface area contributed by atoms with Crippen LogP contribution < -0.4 is 5.56 Å². The van der Waals surface area contributed by atoms with Gasteiger partial charge >= 0.3 is 5.97 Å². The number of aromatic nitrogens is 2. The Hall–Kier alpha value is -2.99. The average molecular weight is 373 g/mol. The molecule has 3 aromatic rings. The van der Waals surface area contributed by atoms with Crippen molar-refractivity contribution < 1.29 is 14.3 Å². The van der Waals surface area contributed by atoms with E-state index < -0.39 is 11.8 Å². The molecule has 0 bridgehead atoms. The number of aromatic carboxylic acids is 1. The molecule has 0 aliphatic rings. The van der Waals surface area contributed by atoms with E-state index in [2.05, 4.69) is 4.98 Å². The smallest absolute Gasteiger partial charge is 0.337 e. The number of carboxylic acids is 1. The van der Waals surface area contributed by atoms with Crippen molar-refractivity contribution in [2.24, 2.45) is 0 Å². The van der Waals surface area contributed by atoms with E-state index in [-0.39, 0.29) is 24.1 Å². The normalized spacial score (nSPS) is 10.7. The van der Waals surface area contributed by atoms with Crippen LogP contribution in [0.3, 0.4) is 0 Å². The number of benzene rings is 1. The number of carboxylic acid groups (broad SMARTS) is 1. The van der Waals surface area contributed by atoms with Gasteiger partial charge in [0.2, 0.25) is 0 Å². The molecule has 2 aromatic heterocycles. The minimum atomic E-state index is -1.10. The molecule has 0 atom stereocenters. The first-order chi connectivity index (χ1) is 12.4. The van der Waals surface area contributed by atoms with Crippen molar-refractivity contribution in [3.8, 4) is 0 Å². The van der Waals surface area contributed by atoms with Crippen LogP contribution in [0.5, 0.6) is 0 Å². The fourth-order valence-corrected chi connectivity index (χ4v) is 2.83. The highest BCUT2D eigenvalue weighted by atomic mass is 35.5. The van der Waals surface area contributed by atoms with E-state index in [1.807, 2.05) is 0 Å². The maximum atomic E-state index is 14.5. The molecule has 132 valence electrons. The molecule has 7 heteroatoms. The van der Waals surface area contributed by atoms with Crippen molar-refractivity contribution in [1.29, 1.82) is 0 Å². The van der Waals surface area contributed by atoms with Crippen molar-refractivity contribution in [1.82, 2.24) is 9.55 Å². The lowest BCUT2D eigenvalue weighted by molar-refractivity contribution is 0.0696. The highest BCUT2D eigenvalue weighted by Gasteiger charge is 2.12. The van der Waals surface area contributed by atoms with Crippen LogP contribution >= 0.6 is 11.6 Å². The van der Waals surface area contributed by atoms with E-state index in [1.54, 1.807) is 18.3 Å². The summed E-state index contributed by atoms with van der Waals surface area (Å²) < 4.78 is 15.9. The Kier molecular flexibility index (Phi) is 5.14. The molecule has 5 nitrogen and oxygen atoms in total. The fourth-order valence-electron chi connectivity index (χ4n) is 2.58. The summed E-state index contributed by atoms with van der Waals surface area (Å²) in [6.07, 6.45) is 4.48. The van der Waals surface area contributed by atoms with E-state index in [9.17, 15) is 14.0 Å². The quantitative estimate of drug-likeness (QED) is 0.745. The minimum Gasteiger partial charge on any atom is -0.478 e. The zero-order chi connectivity index (χ0) is 18.7. The maximum Gasteiger partial charge on any atom is 0.337 e. The highest BCUT2D eigenvalue weighted by molar-refractivity contribution is 6.31. The van der Waals surface area contributed by atoms with Gasteiger partial charge in [-0.25, -0.2) is 9.18 Å². The second-order valence-corrected chi connectivity index (χ2v) is 6.17. The van der Waals surface area contributed by atoms with Gasteiger partial charge in [-0.15, -0.1) is 0 Å². The molecule has 0 saturated carbocycles. The summed E-state index contributed by atoms with van der Waals surface area (Å²) in [5.41, 5.74) is 1.20. The lowest BCUT2D eigenvalue weighted by Crippen LogP contribution is -2.18. The molecule has 0 fully saturated rings. The first-order valence-corrected chi connectivity index (χ1v) is 8.11. The molecule has 1 aromatic carbocycles. The Morgan fingerprint density at radius 1 is 1.19 bits per heavy atom. The molecule has 26 heavy (non-hydrogen) atoms. The third kappa shape index (κ3) is 3.97. The average Bonchev–Trinajstić information content (AvgIpc) is 2.61. The predicted molar refractivity (Wildman–Crippen MR) is 95.2 cm³/mol. The van der Waals surface area contributed by atoms with Crippen LogP contribution in [0.15, 0.2) is 59.8 Å². The number of nitrogens with zero attached hydrogens (tertiary/aromatic N) is 2. The number of hydrogen-bond donors (Lipinski definition) is 1. The van der Waals surface area contributed by atoms with Crippen molar-refractivity contribution in [3.05, 3.63) is 98.4 Å². The molecule has 0 aliphatic heterocycles. The largest absolute Gasteiger partial charge is 0.478 e. The molecular weight excluding hydrogens is 359 g/mol. The number of rotatable bonds is 5. The first kappa shape index (κ1) is 17.8. The topological polar surface area (TPSA) is 72.2 Å². The zero-order valence-electron chi connectivity index (χ0n) is 13.5. The summed E-state index contributed by atoms with van der Waals surface area (Å²) in [5.74, 6) is -1.57. The molecule has 2 heterocycles. The summed E-state index contributed by atoms with van der Waals surface area (Å²) in [6.45, 7) is 0.158. The van der Waals surface area contributed by atoms with Crippen molar-refractivity contribution in [2.45, 2.75) is 13.0 Å². The lowest BCUT2D eigenvalue weighted by Gasteiger charge is -2.11. The van der Waals surface area contributed by atoms with Crippen molar-refractivity contribution in [2.75, 3.05) is 0 Å². The lowest BCUT2D eigenvalue weighted by atomic mass is 10.0. The van der Waals surface area contributed by atoms with Crippen LogP contribution in [0.2, 0.25) is 5.02 Å². The van der Waals surface area contributed by atoms with Gasteiger partial charge in [0.25, 0.3) is 5.56 Å². The van der Waals surface area contributed by atoms with E-state index in [1.165, 1.54) is 41.2 Å². The summed E-state index contributed by atoms with van der Waals surface area (Å²) >= 11 is 6.26. The van der Waals surface area contributed by atoms with Crippen LogP contribution in [0, 0.1) is 5.82 Å². The molecule has 0 unspecified atom stereocenters. The van der Waals surface area contributed by atoms with Crippen LogP contribution in [0.25, 0.3) is 0 Å². The predicted octanol–water partition coefficient (Wildman–Crippen LogP) is 3.37. The van der Waals surface area contributed by atoms with Crippen LogP contribution in [0.4, 0.5) is 4.39 Å². The van der Waals surface area contributed by atoms with E-state index in [4.69, 9.17) is 16.7 Å². The second-order valence-electron chi connectivity index (χ2n) is 5.77. The van der Waals surface area contributed by atoms with E-state index in [0.29, 0.717) is 21.7 Å². The van der Waals surface area contributed by atoms with Gasteiger partial charge in [0.1, 0.15) is 5.82 Å². The van der Waals surface area contributed by atoms with Gasteiger partial charge in [0.05, 0.1) is 12.1 Å². The second kappa shape index (κ2) is 7.49. The Morgan fingerprint density at radius 3 is 2.73 bits per heavy atom. The number of halogens is 2. The van der Waals surface area contributed by atoms with Crippen LogP contribution in [-0.4, -0.2) is 20.6 Å². The fraction of sp³-hybridized carbons (Fsp3) is 0.105. The molecule has 1 N–H and O–H groups in total. The summed E-state index contributed by atoms with van der Waals surface area (Å²) in [7, 11) is 0. The number of pyridine rings is 2. The third-order valence-electron chi connectivity index (χ3n) is 3.89. The zero-order valence-corrected chi connectivity index (χ0v) is 14.3. The summed E-state index contributed by atoms with van der Waals surface area (Å²) in [6, 6.07) is 8.99. The van der Waals surface area contributed by atoms with Gasteiger partial charge in [0.15, 0.2) is 0 Å². The molecular formula is C19H14ClFN2O3. The Balaban J connectivity index is 1.88. The first-order valence-electron chi connectivity index (χ1n) is 7.73. The van der Waals surface area contributed by atoms with Gasteiger partial charge in [-0.3, -0.25) is 9.78 Å². The van der Waals surface area contributed by atoms with Crippen LogP contribution in [0.1, 0.15) is 27.0 Å². The molecule has 3 rings (SSSR count). The molecule has 0 saturated heterocycles. The standard InChI is InChI=1S/C19H14ClFN2O3/c20-16-7-13(5-12-6-14(19(25)26)10-22-9-12)17(21)8-15(16)11-23-4-2-1-3-18(23)24/h1-4,6-10H,5,11H2,(H,25,26). The van der Waals surface area contributed by atoms with E-state index in [0.717, 1.165) is 0 Å². The molecule has 0 radical (unpaired) electrons. The van der Waals surface area contributed by atoms with Gasteiger partial charge in [-0.1, -0.05) is 17.7 Å². The van der Waals surface area contributed by atoms with Crippen LogP contribution in [-0.2, 0) is 13.0 Å². The Bertz CT molecular complexity index is 1030. The number of hydrogen-bond acceptors (Lipinski definition) is 3. The maximum absolute atomic E-state index is 14.5. The summed E-state index contributed by atoms with van der Waals surface area (Å²) in [4.78, 5) is 26.7. The third-order valence-corrected chi connectivity index (χ3v) is 4.24. The monoisotopic (exact) mass is 372 g/mol. The molecule has 0 amide bonds.